The fraction of sp³-hybridized carbons (Fsp3) is 0.172. The van der Waals surface area contributed by atoms with E-state index in [-0.39, 0.29) is 11.6 Å². The number of anilines is 1. The highest BCUT2D eigenvalue weighted by molar-refractivity contribution is 7.22. The molecule has 0 spiro atoms. The predicted octanol–water partition coefficient (Wildman–Crippen LogP) is 5.03. The van der Waals surface area contributed by atoms with E-state index in [1.165, 1.54) is 16.8 Å². The number of fused-ring (bicyclic) bond motifs is 2. The number of halogens is 1. The lowest BCUT2D eigenvalue weighted by Gasteiger charge is -2.34. The summed E-state index contributed by atoms with van der Waals surface area (Å²) in [7, 11) is 0. The summed E-state index contributed by atoms with van der Waals surface area (Å²) >= 11 is 1.61. The number of piperidine rings is 1. The first-order valence-electron chi connectivity index (χ1n) is 13.0. The molecule has 5 aromatic heterocycles. The number of benzene rings is 1. The molecule has 0 bridgehead atoms. The highest BCUT2D eigenvalue weighted by atomic mass is 32.1. The van der Waals surface area contributed by atoms with Crippen LogP contribution in [0.1, 0.15) is 23.2 Å². The molecule has 0 radical (unpaired) electrons. The van der Waals surface area contributed by atoms with E-state index in [4.69, 9.17) is 0 Å². The maximum absolute atomic E-state index is 15.7. The summed E-state index contributed by atoms with van der Waals surface area (Å²) in [5.41, 5.74) is 2.49. The number of carbonyl (C=O) groups is 1. The fourth-order valence-corrected chi connectivity index (χ4v) is 6.20. The number of pyridine rings is 3. The third-order valence-electron chi connectivity index (χ3n) is 7.09. The standard InChI is InChI=1S/C29H23FN8OS/c30-23-14-19(38-28-24(35-36-38)6-3-12-33-28)7-8-21(23)29(39)37(20-5-2-11-32-17-20)27-22-15-26(18-4-1-10-31-16-18)40-25(22)9-13-34-27/h1,3-4,6-10,12-16,20,32H,2,5,11,17H2/t20-/m1/s1. The minimum Gasteiger partial charge on any atom is -0.315 e. The van der Waals surface area contributed by atoms with E-state index in [0.717, 1.165) is 39.9 Å². The Kier molecular flexibility index (Phi) is 6.21. The average Bonchev–Trinajstić information content (AvgIpc) is 3.64. The van der Waals surface area contributed by atoms with Crippen LogP contribution >= 0.6 is 11.3 Å². The molecular formula is C29H23FN8OS. The van der Waals surface area contributed by atoms with Gasteiger partial charge in [-0.1, -0.05) is 11.3 Å². The Morgan fingerprint density at radius 2 is 2.00 bits per heavy atom. The van der Waals surface area contributed by atoms with E-state index < -0.39 is 11.7 Å². The van der Waals surface area contributed by atoms with E-state index in [0.29, 0.717) is 29.2 Å². The molecule has 0 saturated carbocycles. The Labute approximate surface area is 232 Å². The molecule has 1 fully saturated rings. The predicted molar refractivity (Wildman–Crippen MR) is 152 cm³/mol. The number of rotatable bonds is 5. The molecule has 40 heavy (non-hydrogen) atoms. The van der Waals surface area contributed by atoms with Gasteiger partial charge in [0, 0.05) is 57.9 Å². The molecule has 1 aromatic carbocycles. The summed E-state index contributed by atoms with van der Waals surface area (Å²) in [6.07, 6.45) is 8.58. The van der Waals surface area contributed by atoms with Crippen molar-refractivity contribution in [2.24, 2.45) is 0 Å². The number of aromatic nitrogens is 6. The van der Waals surface area contributed by atoms with Gasteiger partial charge in [-0.2, -0.15) is 4.68 Å². The summed E-state index contributed by atoms with van der Waals surface area (Å²) < 4.78 is 18.2. The Hall–Kier alpha value is -4.61. The second-order valence-electron chi connectivity index (χ2n) is 9.59. The molecule has 11 heteroatoms. The second kappa shape index (κ2) is 10.2. The van der Waals surface area contributed by atoms with Gasteiger partial charge in [-0.05, 0) is 61.9 Å². The number of amides is 1. The smallest absolute Gasteiger partial charge is 0.262 e. The Morgan fingerprint density at radius 1 is 1.07 bits per heavy atom. The van der Waals surface area contributed by atoms with Crippen LogP contribution in [0, 0.1) is 5.82 Å². The molecule has 6 aromatic rings. The first-order chi connectivity index (χ1) is 19.7. The number of nitrogens with one attached hydrogen (secondary N) is 1. The molecule has 1 saturated heterocycles. The summed E-state index contributed by atoms with van der Waals surface area (Å²) in [4.78, 5) is 30.1. The van der Waals surface area contributed by atoms with E-state index >= 15 is 4.39 Å². The van der Waals surface area contributed by atoms with Gasteiger partial charge in [0.2, 0.25) is 0 Å². The zero-order valence-electron chi connectivity index (χ0n) is 21.2. The highest BCUT2D eigenvalue weighted by Gasteiger charge is 2.32. The van der Waals surface area contributed by atoms with Crippen LogP contribution in [0.4, 0.5) is 10.2 Å². The summed E-state index contributed by atoms with van der Waals surface area (Å²) in [6, 6.07) is 15.7. The number of thiophene rings is 1. The van der Waals surface area contributed by atoms with Crippen LogP contribution < -0.4 is 10.2 Å². The van der Waals surface area contributed by atoms with E-state index in [2.05, 4.69) is 30.6 Å². The van der Waals surface area contributed by atoms with Gasteiger partial charge in [0.15, 0.2) is 5.65 Å². The Morgan fingerprint density at radius 3 is 2.83 bits per heavy atom. The summed E-state index contributed by atoms with van der Waals surface area (Å²) in [5.74, 6) is -0.560. The third kappa shape index (κ3) is 4.29. The van der Waals surface area contributed by atoms with Crippen molar-refractivity contribution >= 4 is 44.3 Å². The summed E-state index contributed by atoms with van der Waals surface area (Å²) in [6.45, 7) is 1.47. The van der Waals surface area contributed by atoms with E-state index in [9.17, 15) is 4.79 Å². The Bertz CT molecular complexity index is 1850. The number of hydrogen-bond acceptors (Lipinski definition) is 8. The van der Waals surface area contributed by atoms with Gasteiger partial charge in [-0.25, -0.2) is 14.4 Å². The third-order valence-corrected chi connectivity index (χ3v) is 8.24. The molecule has 1 atom stereocenters. The minimum atomic E-state index is -0.649. The lowest BCUT2D eigenvalue weighted by Crippen LogP contribution is -2.49. The topological polar surface area (TPSA) is 102 Å². The quantitative estimate of drug-likeness (QED) is 0.321. The highest BCUT2D eigenvalue weighted by Crippen LogP contribution is 2.38. The molecule has 1 N–H and O–H groups in total. The second-order valence-corrected chi connectivity index (χ2v) is 10.7. The SMILES string of the molecule is O=C(c1ccc(-n2nnc3cccnc32)cc1F)N(c1nccc2sc(-c3cccnc3)cc12)[C@@H]1CCCNC1. The molecule has 1 aliphatic heterocycles. The minimum absolute atomic E-state index is 0.0341. The van der Waals surface area contributed by atoms with Gasteiger partial charge in [0.25, 0.3) is 5.91 Å². The Balaban J connectivity index is 1.31. The number of hydrogen-bond donors (Lipinski definition) is 1. The molecule has 0 aliphatic carbocycles. The van der Waals surface area contributed by atoms with Crippen molar-refractivity contribution in [2.45, 2.75) is 18.9 Å². The van der Waals surface area contributed by atoms with Gasteiger partial charge in [0.1, 0.15) is 17.2 Å². The van der Waals surface area contributed by atoms with Crippen LogP contribution in [0.25, 0.3) is 37.4 Å². The van der Waals surface area contributed by atoms with Gasteiger partial charge >= 0.3 is 0 Å². The maximum Gasteiger partial charge on any atom is 0.262 e. The molecule has 6 heterocycles. The van der Waals surface area contributed by atoms with Crippen LogP contribution in [0.2, 0.25) is 0 Å². The number of nitrogens with zero attached hydrogens (tertiary/aromatic N) is 7. The first-order valence-corrected chi connectivity index (χ1v) is 13.8. The van der Waals surface area contributed by atoms with Crippen molar-refractivity contribution in [3.63, 3.8) is 0 Å². The molecule has 1 amide bonds. The fourth-order valence-electron chi connectivity index (χ4n) is 5.16. The molecular weight excluding hydrogens is 527 g/mol. The lowest BCUT2D eigenvalue weighted by atomic mass is 10.0. The van der Waals surface area contributed by atoms with Crippen LogP contribution in [-0.2, 0) is 0 Å². The van der Waals surface area contributed by atoms with Crippen molar-refractivity contribution < 1.29 is 9.18 Å². The van der Waals surface area contributed by atoms with Crippen molar-refractivity contribution in [3.05, 3.63) is 90.8 Å². The van der Waals surface area contributed by atoms with Crippen LogP contribution in [0.5, 0.6) is 0 Å². The molecule has 9 nitrogen and oxygen atoms in total. The number of carbonyl (C=O) groups excluding carboxylic acids is 1. The van der Waals surface area contributed by atoms with Crippen molar-refractivity contribution in [1.29, 1.82) is 0 Å². The van der Waals surface area contributed by atoms with E-state index in [1.54, 1.807) is 53.0 Å². The van der Waals surface area contributed by atoms with Gasteiger partial charge in [-0.3, -0.25) is 14.7 Å². The van der Waals surface area contributed by atoms with Gasteiger partial charge in [0.05, 0.1) is 17.3 Å². The van der Waals surface area contributed by atoms with Crippen LogP contribution in [0.15, 0.2) is 79.4 Å². The van der Waals surface area contributed by atoms with Crippen LogP contribution in [-0.4, -0.2) is 55.0 Å². The zero-order valence-corrected chi connectivity index (χ0v) is 22.1. The maximum atomic E-state index is 15.7. The van der Waals surface area contributed by atoms with Gasteiger partial charge < -0.3 is 5.32 Å². The van der Waals surface area contributed by atoms with Crippen molar-refractivity contribution in [2.75, 3.05) is 18.0 Å². The van der Waals surface area contributed by atoms with E-state index in [1.807, 2.05) is 30.5 Å². The zero-order chi connectivity index (χ0) is 27.1. The first kappa shape index (κ1) is 24.4. The largest absolute Gasteiger partial charge is 0.315 e. The van der Waals surface area contributed by atoms with Crippen molar-refractivity contribution in [1.82, 2.24) is 35.3 Å². The molecule has 0 unspecified atom stereocenters. The average molecular weight is 551 g/mol. The summed E-state index contributed by atoms with van der Waals surface area (Å²) in [5, 5.41) is 12.5. The normalized spacial score (nSPS) is 15.5. The lowest BCUT2D eigenvalue weighted by molar-refractivity contribution is 0.0968. The molecule has 198 valence electrons. The molecule has 1 aliphatic rings. The van der Waals surface area contributed by atoms with Crippen LogP contribution in [0.3, 0.4) is 0 Å². The molecule has 7 rings (SSSR count). The van der Waals surface area contributed by atoms with Crippen molar-refractivity contribution in [3.8, 4) is 16.1 Å². The monoisotopic (exact) mass is 550 g/mol. The van der Waals surface area contributed by atoms with Gasteiger partial charge in [-0.15, -0.1) is 16.4 Å².